The highest BCUT2D eigenvalue weighted by Crippen LogP contribution is 2.41. The average molecular weight is 305 g/mol. The van der Waals surface area contributed by atoms with Crippen LogP contribution in [0.1, 0.15) is 6.23 Å². The second-order valence-electron chi connectivity index (χ2n) is 4.43. The second kappa shape index (κ2) is 4.62. The van der Waals surface area contributed by atoms with Gasteiger partial charge in [-0.2, -0.15) is 4.98 Å². The predicted molar refractivity (Wildman–Crippen MR) is 60.4 cm³/mol. The molecule has 110 valence electrons. The summed E-state index contributed by atoms with van der Waals surface area (Å²) >= 11 is 0. The predicted octanol–water partition coefficient (Wildman–Crippen LogP) is -1.51. The molecular weight excluding hydrogens is 293 g/mol. The summed E-state index contributed by atoms with van der Waals surface area (Å²) in [5.41, 5.74) is 0.0205. The molecule has 3 rings (SSSR count). The van der Waals surface area contributed by atoms with Crippen LogP contribution >= 0.6 is 7.82 Å². The average Bonchev–Trinajstić information content (AvgIpc) is 2.83. The standard InChI is InChI=1S/C9H12N3O7P/c10-5-1-2-12-8-7(19-9(12)11-5)6(13)4(18-8)3-17-20(14,15)16/h1-2,4,6-8,10,13H,3H2,(H2,14,15,16)/t4-,6-,7+,8?/m1/s1. The lowest BCUT2D eigenvalue weighted by Gasteiger charge is -2.17. The molecule has 3 heterocycles. The van der Waals surface area contributed by atoms with Crippen LogP contribution in [-0.2, 0) is 13.8 Å². The molecule has 4 atom stereocenters. The van der Waals surface area contributed by atoms with Gasteiger partial charge in [0.2, 0.25) is 0 Å². The number of nitrogens with zero attached hydrogens (tertiary/aromatic N) is 2. The van der Waals surface area contributed by atoms with E-state index < -0.39 is 39.0 Å². The number of phosphoric acid groups is 1. The van der Waals surface area contributed by atoms with Crippen LogP contribution in [0.5, 0.6) is 6.01 Å². The van der Waals surface area contributed by atoms with E-state index in [1.165, 1.54) is 16.8 Å². The van der Waals surface area contributed by atoms with Gasteiger partial charge in [0.15, 0.2) is 17.8 Å². The number of rotatable bonds is 3. The fourth-order valence-corrected chi connectivity index (χ4v) is 2.53. The largest absolute Gasteiger partial charge is 0.469 e. The van der Waals surface area contributed by atoms with Gasteiger partial charge in [-0.05, 0) is 6.07 Å². The minimum atomic E-state index is -4.62. The summed E-state index contributed by atoms with van der Waals surface area (Å²) in [6, 6.07) is 1.59. The maximum absolute atomic E-state index is 10.6. The molecule has 1 unspecified atom stereocenters. The Balaban J connectivity index is 1.77. The van der Waals surface area contributed by atoms with E-state index in [-0.39, 0.29) is 11.5 Å². The summed E-state index contributed by atoms with van der Waals surface area (Å²) in [5, 5.41) is 17.4. The van der Waals surface area contributed by atoms with Crippen molar-refractivity contribution in [3.8, 4) is 6.01 Å². The summed E-state index contributed by atoms with van der Waals surface area (Å²) < 4.78 is 27.3. The molecular formula is C9H12N3O7P. The minimum Gasteiger partial charge on any atom is -0.454 e. The number of aromatic nitrogens is 2. The lowest BCUT2D eigenvalue weighted by molar-refractivity contribution is -0.0426. The first-order valence-electron chi connectivity index (χ1n) is 5.69. The molecule has 0 spiro atoms. The Bertz CT molecular complexity index is 628. The van der Waals surface area contributed by atoms with E-state index in [1.54, 1.807) is 0 Å². The van der Waals surface area contributed by atoms with Gasteiger partial charge in [0, 0.05) is 6.20 Å². The normalized spacial score (nSPS) is 31.8. The third kappa shape index (κ3) is 2.37. The third-order valence-corrected chi connectivity index (χ3v) is 3.55. The first-order chi connectivity index (χ1) is 9.35. The van der Waals surface area contributed by atoms with Gasteiger partial charge in [-0.3, -0.25) is 14.5 Å². The molecule has 2 aliphatic heterocycles. The van der Waals surface area contributed by atoms with Crippen LogP contribution in [0.4, 0.5) is 0 Å². The first kappa shape index (κ1) is 13.7. The van der Waals surface area contributed by atoms with Gasteiger partial charge in [-0.25, -0.2) is 4.57 Å². The van der Waals surface area contributed by atoms with E-state index in [0.29, 0.717) is 0 Å². The summed E-state index contributed by atoms with van der Waals surface area (Å²) in [6.07, 6.45) is -1.93. The Hall–Kier alpha value is -1.29. The molecule has 11 heteroatoms. The molecule has 0 amide bonds. The summed E-state index contributed by atoms with van der Waals surface area (Å²) in [7, 11) is -4.62. The molecule has 2 aliphatic rings. The SMILES string of the molecule is N=c1ccn2c(n1)O[C@@H]1C2O[C@H](COP(=O)(O)O)[C@H]1O. The molecule has 4 N–H and O–H groups in total. The number of fused-ring (bicyclic) bond motifs is 3. The lowest BCUT2D eigenvalue weighted by atomic mass is 10.1. The zero-order chi connectivity index (χ0) is 14.5. The highest BCUT2D eigenvalue weighted by Gasteiger charge is 2.51. The smallest absolute Gasteiger partial charge is 0.454 e. The van der Waals surface area contributed by atoms with Crippen LogP contribution in [0.15, 0.2) is 12.3 Å². The first-order valence-corrected chi connectivity index (χ1v) is 7.22. The molecule has 0 bridgehead atoms. The van der Waals surface area contributed by atoms with Crippen LogP contribution in [-0.4, -0.2) is 49.4 Å². The van der Waals surface area contributed by atoms with E-state index in [4.69, 9.17) is 24.7 Å². The molecule has 1 saturated heterocycles. The Kier molecular flexibility index (Phi) is 3.16. The van der Waals surface area contributed by atoms with Crippen LogP contribution in [0.25, 0.3) is 0 Å². The number of phosphoric ester groups is 1. The topological polar surface area (TPSA) is 147 Å². The summed E-state index contributed by atoms with van der Waals surface area (Å²) in [5.74, 6) is 0. The highest BCUT2D eigenvalue weighted by molar-refractivity contribution is 7.46. The third-order valence-electron chi connectivity index (χ3n) is 3.07. The van der Waals surface area contributed by atoms with Crippen LogP contribution in [0.3, 0.4) is 0 Å². The monoisotopic (exact) mass is 305 g/mol. The Morgan fingerprint density at radius 2 is 2.30 bits per heavy atom. The van der Waals surface area contributed by atoms with Crippen molar-refractivity contribution in [1.29, 1.82) is 5.41 Å². The van der Waals surface area contributed by atoms with Crippen molar-refractivity contribution in [2.75, 3.05) is 6.61 Å². The maximum atomic E-state index is 10.6. The van der Waals surface area contributed by atoms with Crippen molar-refractivity contribution in [2.45, 2.75) is 24.5 Å². The molecule has 0 radical (unpaired) electrons. The molecule has 0 saturated carbocycles. The van der Waals surface area contributed by atoms with Gasteiger partial charge in [0.25, 0.3) is 0 Å². The van der Waals surface area contributed by atoms with Crippen LogP contribution in [0.2, 0.25) is 0 Å². The number of aliphatic hydroxyl groups is 1. The van der Waals surface area contributed by atoms with Crippen LogP contribution in [0, 0.1) is 5.41 Å². The highest BCUT2D eigenvalue weighted by atomic mass is 31.2. The molecule has 0 aliphatic carbocycles. The molecule has 10 nitrogen and oxygen atoms in total. The number of ether oxygens (including phenoxy) is 2. The van der Waals surface area contributed by atoms with Gasteiger partial charge < -0.3 is 24.4 Å². The van der Waals surface area contributed by atoms with E-state index in [0.717, 1.165) is 0 Å². The van der Waals surface area contributed by atoms with Gasteiger partial charge >= 0.3 is 13.8 Å². The fourth-order valence-electron chi connectivity index (χ4n) is 2.19. The minimum absolute atomic E-state index is 0.0205. The Labute approximate surface area is 112 Å². The van der Waals surface area contributed by atoms with Crippen LogP contribution < -0.4 is 10.2 Å². The van der Waals surface area contributed by atoms with Crippen molar-refractivity contribution in [2.24, 2.45) is 0 Å². The Morgan fingerprint density at radius 3 is 3.00 bits per heavy atom. The van der Waals surface area contributed by atoms with Crippen molar-refractivity contribution in [3.63, 3.8) is 0 Å². The molecule has 0 aromatic carbocycles. The van der Waals surface area contributed by atoms with E-state index >= 15 is 0 Å². The maximum Gasteiger partial charge on any atom is 0.469 e. The van der Waals surface area contributed by atoms with Crippen molar-refractivity contribution >= 4 is 7.82 Å². The zero-order valence-corrected chi connectivity index (χ0v) is 10.9. The lowest BCUT2D eigenvalue weighted by Crippen LogP contribution is -2.35. The van der Waals surface area contributed by atoms with Gasteiger partial charge in [-0.15, -0.1) is 0 Å². The molecule has 20 heavy (non-hydrogen) atoms. The van der Waals surface area contributed by atoms with Gasteiger partial charge in [-0.1, -0.05) is 0 Å². The summed E-state index contributed by atoms with van der Waals surface area (Å²) in [4.78, 5) is 21.1. The molecule has 1 aromatic rings. The van der Waals surface area contributed by atoms with Crippen molar-refractivity contribution in [3.05, 3.63) is 17.8 Å². The quantitative estimate of drug-likeness (QED) is 0.493. The van der Waals surface area contributed by atoms with E-state index in [1.807, 2.05) is 0 Å². The van der Waals surface area contributed by atoms with E-state index in [2.05, 4.69) is 9.51 Å². The fraction of sp³-hybridized carbons (Fsp3) is 0.556. The molecule has 1 fully saturated rings. The van der Waals surface area contributed by atoms with E-state index in [9.17, 15) is 9.67 Å². The number of aliphatic hydroxyl groups excluding tert-OH is 1. The second-order valence-corrected chi connectivity index (χ2v) is 5.67. The van der Waals surface area contributed by atoms with Crippen molar-refractivity contribution < 1.29 is 33.5 Å². The van der Waals surface area contributed by atoms with Crippen molar-refractivity contribution in [1.82, 2.24) is 9.55 Å². The van der Waals surface area contributed by atoms with Gasteiger partial charge in [0.05, 0.1) is 6.61 Å². The zero-order valence-electron chi connectivity index (χ0n) is 9.99. The Morgan fingerprint density at radius 1 is 1.55 bits per heavy atom. The van der Waals surface area contributed by atoms with Gasteiger partial charge in [0.1, 0.15) is 12.2 Å². The number of hydrogen-bond acceptors (Lipinski definition) is 7. The molecule has 1 aromatic heterocycles. The summed E-state index contributed by atoms with van der Waals surface area (Å²) in [6.45, 7) is -0.457. The number of nitrogens with one attached hydrogen (secondary N) is 1. The number of hydrogen-bond donors (Lipinski definition) is 4.